The normalized spacial score (nSPS) is 26.7. The second kappa shape index (κ2) is 11.7. The number of hydrogen-bond donors (Lipinski definition) is 0. The Morgan fingerprint density at radius 2 is 1.53 bits per heavy atom. The quantitative estimate of drug-likeness (QED) is 0.168. The van der Waals surface area contributed by atoms with Crippen LogP contribution in [0.5, 0.6) is 0 Å². The van der Waals surface area contributed by atoms with Gasteiger partial charge in [0.05, 0.1) is 5.69 Å². The first-order chi connectivity index (χ1) is 28.2. The summed E-state index contributed by atoms with van der Waals surface area (Å²) in [4.78, 5) is 2.60. The third kappa shape index (κ3) is 4.31. The summed E-state index contributed by atoms with van der Waals surface area (Å²) in [6.45, 7) is 2.50. The zero-order chi connectivity index (χ0) is 37.4. The van der Waals surface area contributed by atoms with E-state index in [9.17, 15) is 0 Å². The lowest BCUT2D eigenvalue weighted by atomic mass is 9.70. The molecular weight excluding hydrogens is 689 g/mol. The van der Waals surface area contributed by atoms with Crippen LogP contribution >= 0.6 is 0 Å². The molecule has 5 atom stereocenters. The van der Waals surface area contributed by atoms with Crippen LogP contribution in [0.2, 0.25) is 0 Å². The molecule has 1 aliphatic heterocycles. The summed E-state index contributed by atoms with van der Waals surface area (Å²) in [5.41, 5.74) is 18.7. The first-order valence-electron chi connectivity index (χ1n) is 21.2. The Morgan fingerprint density at radius 1 is 0.684 bits per heavy atom. The van der Waals surface area contributed by atoms with E-state index in [0.717, 1.165) is 32.1 Å². The number of benzene rings is 4. The highest BCUT2D eigenvalue weighted by Gasteiger charge is 2.47. The molecule has 0 amide bonds. The summed E-state index contributed by atoms with van der Waals surface area (Å²) < 4.78 is 2.73. The number of fused-ring (bicyclic) bond motifs is 12. The van der Waals surface area contributed by atoms with Crippen LogP contribution in [0.3, 0.4) is 0 Å². The Morgan fingerprint density at radius 3 is 2.47 bits per heavy atom. The van der Waals surface area contributed by atoms with Crippen molar-refractivity contribution < 1.29 is 0 Å². The van der Waals surface area contributed by atoms with Crippen molar-refractivity contribution in [2.24, 2.45) is 11.8 Å². The lowest BCUT2D eigenvalue weighted by molar-refractivity contribution is 0.520. The first kappa shape index (κ1) is 32.0. The van der Waals surface area contributed by atoms with Crippen LogP contribution in [0.25, 0.3) is 39.4 Å². The van der Waals surface area contributed by atoms with Crippen molar-refractivity contribution in [3.8, 4) is 5.69 Å². The molecule has 0 saturated heterocycles. The molecule has 0 bridgehead atoms. The first-order valence-corrected chi connectivity index (χ1v) is 21.2. The topological polar surface area (TPSA) is 8.17 Å². The molecule has 0 fully saturated rings. The smallest absolute Gasteiger partial charge is 0.0582 e. The van der Waals surface area contributed by atoms with Gasteiger partial charge in [-0.2, -0.15) is 0 Å². The molecule has 1 aromatic heterocycles. The number of allylic oxidation sites excluding steroid dienone is 18. The van der Waals surface area contributed by atoms with E-state index in [1.807, 2.05) is 0 Å². The number of para-hydroxylation sites is 1. The van der Waals surface area contributed by atoms with Gasteiger partial charge in [0.2, 0.25) is 0 Å². The highest BCUT2D eigenvalue weighted by molar-refractivity contribution is 6.16. The minimum absolute atomic E-state index is 0.0857. The van der Waals surface area contributed by atoms with Gasteiger partial charge >= 0.3 is 0 Å². The molecule has 274 valence electrons. The van der Waals surface area contributed by atoms with Crippen molar-refractivity contribution in [2.75, 3.05) is 4.90 Å². The standard InChI is InChI=1S/C55H44N2/c1-55-33-37(27-30-51(55)56(50-24-11-9-22-47(50)55)38-28-25-34-13-2-3-14-35(34)31-38)36-26-29-49-46(32-36)41-17-8-10-23-48(41)57(49)54-45-19-7-5-16-40(45)43-21-12-20-42-39-15-4-6-18-44(39)53(54)52(42)43/h2-9,11-22,24-30,35-36,39,44H,10,23,31-33H2,1H3. The molecule has 57 heavy (non-hydrogen) atoms. The average molecular weight is 733 g/mol. The molecule has 0 radical (unpaired) electrons. The Labute approximate surface area is 334 Å². The van der Waals surface area contributed by atoms with Crippen LogP contribution in [-0.4, -0.2) is 4.57 Å². The van der Waals surface area contributed by atoms with Crippen LogP contribution < -0.4 is 4.90 Å². The zero-order valence-corrected chi connectivity index (χ0v) is 32.3. The fourth-order valence-electron chi connectivity index (χ4n) is 12.2. The summed E-state index contributed by atoms with van der Waals surface area (Å²) >= 11 is 0. The summed E-state index contributed by atoms with van der Waals surface area (Å²) in [6.07, 6.45) is 43.3. The maximum atomic E-state index is 2.73. The lowest BCUT2D eigenvalue weighted by Crippen LogP contribution is -2.32. The Bertz CT molecular complexity index is 2980. The minimum atomic E-state index is -0.0857. The van der Waals surface area contributed by atoms with Gasteiger partial charge in [0.1, 0.15) is 0 Å². The van der Waals surface area contributed by atoms with Gasteiger partial charge in [-0.15, -0.1) is 0 Å². The molecule has 0 N–H and O–H groups in total. The predicted octanol–water partition coefficient (Wildman–Crippen LogP) is 13.2. The summed E-state index contributed by atoms with van der Waals surface area (Å²) in [7, 11) is 0. The number of hydrogen-bond acceptors (Lipinski definition) is 1. The maximum Gasteiger partial charge on any atom is 0.0582 e. The van der Waals surface area contributed by atoms with Gasteiger partial charge in [0.15, 0.2) is 0 Å². The molecule has 8 aliphatic rings. The molecule has 2 heteroatoms. The van der Waals surface area contributed by atoms with Crippen molar-refractivity contribution >= 4 is 39.4 Å². The number of rotatable bonds is 3. The van der Waals surface area contributed by atoms with E-state index in [4.69, 9.17) is 0 Å². The van der Waals surface area contributed by atoms with Crippen LogP contribution in [0, 0.1) is 11.8 Å². The fourth-order valence-corrected chi connectivity index (χ4v) is 12.2. The maximum absolute atomic E-state index is 2.73. The Balaban J connectivity index is 0.944. The van der Waals surface area contributed by atoms with Crippen molar-refractivity contribution in [2.45, 2.75) is 56.3 Å². The summed E-state index contributed by atoms with van der Waals surface area (Å²) in [5, 5.41) is 5.59. The van der Waals surface area contributed by atoms with Crippen molar-refractivity contribution in [3.63, 3.8) is 0 Å². The van der Waals surface area contributed by atoms with E-state index >= 15 is 0 Å². The van der Waals surface area contributed by atoms with Crippen LogP contribution in [0.1, 0.15) is 77.2 Å². The number of aromatic nitrogens is 1. The van der Waals surface area contributed by atoms with Gasteiger partial charge < -0.3 is 9.47 Å². The number of nitrogens with zero attached hydrogens (tertiary/aromatic N) is 2. The van der Waals surface area contributed by atoms with Gasteiger partial charge in [-0.25, -0.2) is 0 Å². The fraction of sp³-hybridized carbons (Fsp3) is 0.200. The molecule has 13 rings (SSSR count). The van der Waals surface area contributed by atoms with E-state index in [-0.39, 0.29) is 5.41 Å². The van der Waals surface area contributed by atoms with E-state index in [1.165, 1.54) is 89.1 Å². The van der Waals surface area contributed by atoms with E-state index in [2.05, 4.69) is 180 Å². The average Bonchev–Trinajstić information content (AvgIpc) is 3.87. The molecule has 2 heterocycles. The lowest BCUT2D eigenvalue weighted by Gasteiger charge is -2.37. The largest absolute Gasteiger partial charge is 0.317 e. The zero-order valence-electron chi connectivity index (χ0n) is 32.3. The van der Waals surface area contributed by atoms with Crippen molar-refractivity contribution in [1.29, 1.82) is 0 Å². The molecule has 5 unspecified atom stereocenters. The molecular formula is C55H44N2. The Kier molecular flexibility index (Phi) is 6.58. The third-order valence-corrected chi connectivity index (χ3v) is 14.7. The van der Waals surface area contributed by atoms with Gasteiger partial charge in [-0.3, -0.25) is 0 Å². The van der Waals surface area contributed by atoms with Crippen LogP contribution in [0.15, 0.2) is 174 Å². The molecule has 0 spiro atoms. The van der Waals surface area contributed by atoms with Gasteiger partial charge in [0, 0.05) is 62.9 Å². The van der Waals surface area contributed by atoms with Gasteiger partial charge in [0.25, 0.3) is 0 Å². The highest BCUT2D eigenvalue weighted by Crippen LogP contribution is 2.58. The van der Waals surface area contributed by atoms with Crippen molar-refractivity contribution in [1.82, 2.24) is 4.57 Å². The summed E-state index contributed by atoms with van der Waals surface area (Å²) in [6, 6.07) is 25.4. The van der Waals surface area contributed by atoms with Gasteiger partial charge in [-0.1, -0.05) is 145 Å². The third-order valence-electron chi connectivity index (χ3n) is 14.7. The predicted molar refractivity (Wildman–Crippen MR) is 238 cm³/mol. The second-order valence-electron chi connectivity index (χ2n) is 17.6. The van der Waals surface area contributed by atoms with Crippen LogP contribution in [-0.2, 0) is 18.3 Å². The van der Waals surface area contributed by atoms with Crippen molar-refractivity contribution in [3.05, 3.63) is 214 Å². The van der Waals surface area contributed by atoms with E-state index in [1.54, 1.807) is 5.57 Å². The molecule has 0 saturated carbocycles. The summed E-state index contributed by atoms with van der Waals surface area (Å²) in [5.74, 6) is 1.52. The van der Waals surface area contributed by atoms with E-state index in [0.29, 0.717) is 23.7 Å². The van der Waals surface area contributed by atoms with E-state index < -0.39 is 0 Å². The molecule has 4 aromatic carbocycles. The van der Waals surface area contributed by atoms with Crippen LogP contribution in [0.4, 0.5) is 5.69 Å². The van der Waals surface area contributed by atoms with Gasteiger partial charge in [-0.05, 0) is 113 Å². The molecule has 5 aromatic rings. The Hall–Kier alpha value is -6.12. The highest BCUT2D eigenvalue weighted by atomic mass is 15.2. The minimum Gasteiger partial charge on any atom is -0.317 e. The molecule has 2 nitrogen and oxygen atoms in total. The molecule has 7 aliphatic carbocycles. The second-order valence-corrected chi connectivity index (χ2v) is 17.6. The number of anilines is 1. The SMILES string of the molecule is CC12CC(C3C=Cc4c(c5c(n4-c4c6c7c(cccc7c7ccccc47)C4C=CC=CC64)CCC=C5)C3)=CC=C1N(C1=CC=C3C=CC=CC3C1)c1ccccc12. The monoisotopic (exact) mass is 732 g/mol.